The van der Waals surface area contributed by atoms with Crippen LogP contribution in [-0.4, -0.2) is 0 Å². The molecule has 5 heteroatoms. The summed E-state index contributed by atoms with van der Waals surface area (Å²) < 4.78 is 9.35. The van der Waals surface area contributed by atoms with E-state index in [-0.39, 0.29) is 16.8 Å². The topological polar surface area (TPSA) is 63.2 Å². The Labute approximate surface area is 51.8 Å². The van der Waals surface area contributed by atoms with E-state index in [2.05, 4.69) is 6.58 Å². The van der Waals surface area contributed by atoms with Crippen LogP contribution in [0.1, 0.15) is 0 Å². The molecule has 0 unspecified atom stereocenters. The summed E-state index contributed by atoms with van der Waals surface area (Å²) in [7, 11) is -4.38. The van der Waals surface area contributed by atoms with Crippen molar-refractivity contribution >= 4 is 7.60 Å². The fourth-order valence-electron chi connectivity index (χ4n) is 0. The molecule has 0 aliphatic rings. The molecule has 0 aliphatic carbocycles. The van der Waals surface area contributed by atoms with Gasteiger partial charge in [-0.25, -0.2) is 0 Å². The summed E-state index contributed by atoms with van der Waals surface area (Å²) in [5.74, 6) is 0.382. The maximum absolute atomic E-state index is 9.35. The van der Waals surface area contributed by atoms with E-state index in [1.807, 2.05) is 0 Å². The van der Waals surface area contributed by atoms with Crippen LogP contribution in [0.4, 0.5) is 0 Å². The van der Waals surface area contributed by atoms with Crippen LogP contribution in [-0.2, 0) is 21.3 Å². The molecule has 0 saturated carbocycles. The van der Waals surface area contributed by atoms with E-state index < -0.39 is 7.60 Å². The van der Waals surface area contributed by atoms with Gasteiger partial charge < -0.3 is 14.4 Å². The third-order valence-corrected chi connectivity index (χ3v) is 0.671. The van der Waals surface area contributed by atoms with Crippen molar-refractivity contribution in [3.05, 3.63) is 12.4 Å². The van der Waals surface area contributed by atoms with E-state index in [0.717, 1.165) is 0 Å². The zero-order valence-corrected chi connectivity index (χ0v) is 5.23. The molecule has 0 atom stereocenters. The minimum absolute atomic E-state index is 0. The normalized spacial score (nSPS) is 9.43. The second-order valence-corrected chi connectivity index (χ2v) is 2.17. The maximum atomic E-state index is 9.35. The predicted molar refractivity (Wildman–Crippen MR) is 17.8 cm³/mol. The molecule has 7 heavy (non-hydrogen) atoms. The Morgan fingerprint density at radius 2 is 1.71 bits per heavy atom. The molecule has 0 aromatic rings. The van der Waals surface area contributed by atoms with Crippen molar-refractivity contribution in [2.24, 2.45) is 0 Å². The van der Waals surface area contributed by atoms with Gasteiger partial charge in [0, 0.05) is 0 Å². The zero-order chi connectivity index (χ0) is 5.21. The molecule has 0 aliphatic heterocycles. The molecule has 1 radical (unpaired) electrons. The smallest absolute Gasteiger partial charge is 0.808 e. The first-order valence-corrected chi connectivity index (χ1v) is 2.83. The Hall–Kier alpha value is 0.396. The molecule has 0 heterocycles. The summed E-state index contributed by atoms with van der Waals surface area (Å²) in [6, 6.07) is 0. The van der Waals surface area contributed by atoms with Gasteiger partial charge in [0.1, 0.15) is 0 Å². The van der Waals surface area contributed by atoms with Gasteiger partial charge >= 0.3 is 16.8 Å². The summed E-state index contributed by atoms with van der Waals surface area (Å²) in [6.45, 7) is 2.74. The maximum Gasteiger partial charge on any atom is 2.00 e. The van der Waals surface area contributed by atoms with Crippen molar-refractivity contribution in [3.63, 3.8) is 0 Å². The number of hydrogen-bond acceptors (Lipinski definition) is 3. The second kappa shape index (κ2) is 3.40. The average Bonchev–Trinajstić information content (AvgIpc) is 1.35. The number of hydrogen-bond donors (Lipinski definition) is 0. The first-order chi connectivity index (χ1) is 2.56. The summed E-state index contributed by atoms with van der Waals surface area (Å²) in [4.78, 5) is 18.7. The van der Waals surface area contributed by atoms with E-state index in [1.54, 1.807) is 0 Å². The fourth-order valence-corrected chi connectivity index (χ4v) is 0. The molecule has 0 fully saturated rings. The Morgan fingerprint density at radius 3 is 1.71 bits per heavy atom. The van der Waals surface area contributed by atoms with Crippen molar-refractivity contribution < 1.29 is 31.1 Å². The van der Waals surface area contributed by atoms with E-state index in [1.165, 1.54) is 0 Å². The van der Waals surface area contributed by atoms with Crippen molar-refractivity contribution in [1.82, 2.24) is 0 Å². The number of rotatable bonds is 1. The molecule has 0 N–H and O–H groups in total. The van der Waals surface area contributed by atoms with Crippen molar-refractivity contribution in [2.75, 3.05) is 0 Å². The van der Waals surface area contributed by atoms with Gasteiger partial charge in [0.05, 0.1) is 0 Å². The quantitative estimate of drug-likeness (QED) is 0.470. The first kappa shape index (κ1) is 10.4. The van der Waals surface area contributed by atoms with E-state index in [9.17, 15) is 14.4 Å². The predicted octanol–water partition coefficient (Wildman–Crippen LogP) is -0.959. The zero-order valence-electron chi connectivity index (χ0n) is 3.29. The Balaban J connectivity index is 0. The SMILES string of the molecule is C=CP(=O)([O-])[O-].[Co+2]. The minimum Gasteiger partial charge on any atom is -0.808 e. The molecule has 0 bridgehead atoms. The van der Waals surface area contributed by atoms with Crippen LogP contribution in [0.25, 0.3) is 0 Å². The van der Waals surface area contributed by atoms with Crippen LogP contribution in [0.3, 0.4) is 0 Å². The van der Waals surface area contributed by atoms with Crippen LogP contribution in [0.2, 0.25) is 0 Å². The van der Waals surface area contributed by atoms with Gasteiger partial charge in [-0.3, -0.25) is 0 Å². The van der Waals surface area contributed by atoms with Crippen molar-refractivity contribution in [1.29, 1.82) is 0 Å². The van der Waals surface area contributed by atoms with Gasteiger partial charge in [-0.1, -0.05) is 12.4 Å². The third-order valence-electron chi connectivity index (χ3n) is 0.224. The molecule has 43 valence electrons. The Morgan fingerprint density at radius 1 is 1.57 bits per heavy atom. The minimum atomic E-state index is -4.38. The van der Waals surface area contributed by atoms with E-state index in [0.29, 0.717) is 5.82 Å². The van der Waals surface area contributed by atoms with Gasteiger partial charge in [0.25, 0.3) is 0 Å². The monoisotopic (exact) mass is 165 g/mol. The molecule has 0 spiro atoms. The average molecular weight is 165 g/mol. The van der Waals surface area contributed by atoms with Gasteiger partial charge in [-0.15, -0.1) is 0 Å². The summed E-state index contributed by atoms with van der Waals surface area (Å²) >= 11 is 0. The molecular formula is C2H3CoO3P. The molecule has 0 aromatic heterocycles. The van der Waals surface area contributed by atoms with Crippen molar-refractivity contribution in [2.45, 2.75) is 0 Å². The van der Waals surface area contributed by atoms with E-state index >= 15 is 0 Å². The Bertz CT molecular complexity index is 95.1. The molecule has 0 amide bonds. The van der Waals surface area contributed by atoms with Gasteiger partial charge in [0.15, 0.2) is 0 Å². The molecule has 3 nitrogen and oxygen atoms in total. The van der Waals surface area contributed by atoms with Crippen LogP contribution in [0.15, 0.2) is 12.4 Å². The van der Waals surface area contributed by atoms with Crippen LogP contribution in [0, 0.1) is 0 Å². The first-order valence-electron chi connectivity index (χ1n) is 1.21. The molecule has 0 rings (SSSR count). The molecule has 0 aromatic carbocycles. The van der Waals surface area contributed by atoms with Gasteiger partial charge in [-0.05, 0) is 7.60 Å². The van der Waals surface area contributed by atoms with Crippen LogP contribution >= 0.6 is 7.60 Å². The summed E-state index contributed by atoms with van der Waals surface area (Å²) in [5.41, 5.74) is 0. The third kappa shape index (κ3) is 10.7. The van der Waals surface area contributed by atoms with Gasteiger partial charge in [-0.2, -0.15) is 0 Å². The molecule has 0 saturated heterocycles. The van der Waals surface area contributed by atoms with Gasteiger partial charge in [0.2, 0.25) is 0 Å². The Kier molecular flexibility index (Phi) is 5.05. The molecular weight excluding hydrogens is 162 g/mol. The van der Waals surface area contributed by atoms with Crippen molar-refractivity contribution in [3.8, 4) is 0 Å². The van der Waals surface area contributed by atoms with E-state index in [4.69, 9.17) is 0 Å². The summed E-state index contributed by atoms with van der Waals surface area (Å²) in [6.07, 6.45) is 0. The van der Waals surface area contributed by atoms with Crippen LogP contribution in [0.5, 0.6) is 0 Å². The van der Waals surface area contributed by atoms with Crippen LogP contribution < -0.4 is 9.79 Å². The summed E-state index contributed by atoms with van der Waals surface area (Å²) in [5, 5.41) is 0. The second-order valence-electron chi connectivity index (χ2n) is 0.722. The fraction of sp³-hybridized carbons (Fsp3) is 0. The standard InChI is InChI=1S/C2H5O3P.Co/c1-2-6(3,4)5;/h2H,1H2,(H2,3,4,5);/q;+2/p-2. The largest absolute Gasteiger partial charge is 2.00 e.